The zero-order chi connectivity index (χ0) is 13.3. The average Bonchev–Trinajstić information content (AvgIpc) is 2.82. The highest BCUT2D eigenvalue weighted by molar-refractivity contribution is 5.33. The highest BCUT2D eigenvalue weighted by Gasteiger charge is 2.39. The summed E-state index contributed by atoms with van der Waals surface area (Å²) in [7, 11) is 0. The first-order chi connectivity index (χ1) is 9.23. The van der Waals surface area contributed by atoms with Crippen LogP contribution < -0.4 is 5.32 Å². The fourth-order valence-electron chi connectivity index (χ4n) is 2.76. The minimum absolute atomic E-state index is 0.188. The Morgan fingerprint density at radius 2 is 2.00 bits per heavy atom. The Morgan fingerprint density at radius 1 is 1.26 bits per heavy atom. The van der Waals surface area contributed by atoms with Crippen LogP contribution in [0.5, 0.6) is 0 Å². The fraction of sp³-hybridized carbons (Fsp3) is 0.467. The van der Waals surface area contributed by atoms with Crippen molar-refractivity contribution in [3.8, 4) is 0 Å². The monoisotopic (exact) mass is 256 g/mol. The minimum Gasteiger partial charge on any atom is -0.315 e. The van der Waals surface area contributed by atoms with Gasteiger partial charge in [0.15, 0.2) is 0 Å². The van der Waals surface area contributed by atoms with Gasteiger partial charge in [0.05, 0.1) is 0 Å². The molecule has 3 rings (SSSR count). The lowest BCUT2D eigenvalue weighted by Crippen LogP contribution is -2.58. The first-order valence-corrected chi connectivity index (χ1v) is 6.88. The molecule has 1 aromatic carbocycles. The second kappa shape index (κ2) is 4.78. The van der Waals surface area contributed by atoms with Crippen molar-refractivity contribution in [3.63, 3.8) is 0 Å². The van der Waals surface area contributed by atoms with Crippen LogP contribution in [0.25, 0.3) is 0 Å². The van der Waals surface area contributed by atoms with Gasteiger partial charge in [-0.05, 0) is 19.4 Å². The summed E-state index contributed by atoms with van der Waals surface area (Å²) < 4.78 is 1.99. The summed E-state index contributed by atoms with van der Waals surface area (Å²) in [6, 6.07) is 8.89. The molecule has 0 aliphatic carbocycles. The third-order valence-corrected chi connectivity index (χ3v) is 4.08. The van der Waals surface area contributed by atoms with Crippen molar-refractivity contribution in [1.82, 2.24) is 20.1 Å². The Morgan fingerprint density at radius 3 is 2.58 bits per heavy atom. The van der Waals surface area contributed by atoms with Crippen molar-refractivity contribution >= 4 is 0 Å². The molecule has 1 aromatic heterocycles. The molecule has 0 saturated carbocycles. The van der Waals surface area contributed by atoms with Gasteiger partial charge in [0.2, 0.25) is 0 Å². The summed E-state index contributed by atoms with van der Waals surface area (Å²) in [5, 5.41) is 7.68. The van der Waals surface area contributed by atoms with E-state index in [0.717, 1.165) is 31.9 Å². The molecule has 19 heavy (non-hydrogen) atoms. The van der Waals surface area contributed by atoms with Crippen LogP contribution in [0.15, 0.2) is 30.6 Å². The van der Waals surface area contributed by atoms with E-state index in [4.69, 9.17) is 0 Å². The predicted molar refractivity (Wildman–Crippen MR) is 75.1 cm³/mol. The molecule has 2 heterocycles. The Bertz CT molecular complexity index is 552. The van der Waals surface area contributed by atoms with Crippen molar-refractivity contribution in [2.75, 3.05) is 13.1 Å². The van der Waals surface area contributed by atoms with Crippen molar-refractivity contribution in [2.45, 2.75) is 32.2 Å². The molecule has 1 saturated heterocycles. The molecule has 0 atom stereocenters. The Kier molecular flexibility index (Phi) is 3.11. The first-order valence-electron chi connectivity index (χ1n) is 6.88. The fourth-order valence-corrected chi connectivity index (χ4v) is 2.76. The normalized spacial score (nSPS) is 17.2. The molecule has 4 heteroatoms. The Balaban J connectivity index is 1.89. The number of rotatable bonds is 4. The second-order valence-electron chi connectivity index (χ2n) is 5.42. The molecule has 0 radical (unpaired) electrons. The number of nitrogens with one attached hydrogen (secondary N) is 1. The quantitative estimate of drug-likeness (QED) is 0.905. The summed E-state index contributed by atoms with van der Waals surface area (Å²) in [6.07, 6.45) is 2.62. The smallest absolute Gasteiger partial charge is 0.138 e. The van der Waals surface area contributed by atoms with Crippen LogP contribution in [0.3, 0.4) is 0 Å². The summed E-state index contributed by atoms with van der Waals surface area (Å²) >= 11 is 0. The van der Waals surface area contributed by atoms with E-state index in [0.29, 0.717) is 0 Å². The van der Waals surface area contributed by atoms with Gasteiger partial charge in [-0.15, -0.1) is 0 Å². The van der Waals surface area contributed by atoms with Crippen molar-refractivity contribution in [3.05, 3.63) is 47.5 Å². The summed E-state index contributed by atoms with van der Waals surface area (Å²) in [5.74, 6) is 1.09. The van der Waals surface area contributed by atoms with Gasteiger partial charge >= 0.3 is 0 Å². The molecule has 1 aliphatic heterocycles. The Labute approximate surface area is 113 Å². The van der Waals surface area contributed by atoms with Crippen molar-refractivity contribution in [1.29, 1.82) is 0 Å². The zero-order valence-electron chi connectivity index (χ0n) is 11.6. The van der Waals surface area contributed by atoms with Crippen molar-refractivity contribution in [2.24, 2.45) is 0 Å². The van der Waals surface area contributed by atoms with Crippen LogP contribution in [-0.4, -0.2) is 27.9 Å². The molecule has 1 aliphatic rings. The molecule has 2 aromatic rings. The molecule has 0 spiro atoms. The van der Waals surface area contributed by atoms with Crippen LogP contribution >= 0.6 is 0 Å². The van der Waals surface area contributed by atoms with E-state index in [1.165, 1.54) is 11.1 Å². The van der Waals surface area contributed by atoms with E-state index in [-0.39, 0.29) is 5.41 Å². The number of hydrogen-bond acceptors (Lipinski definition) is 3. The second-order valence-corrected chi connectivity index (χ2v) is 5.42. The van der Waals surface area contributed by atoms with E-state index in [2.05, 4.69) is 53.5 Å². The maximum atomic E-state index is 4.42. The molecule has 0 bridgehead atoms. The minimum atomic E-state index is 0.188. The first kappa shape index (κ1) is 12.4. The highest BCUT2D eigenvalue weighted by Crippen LogP contribution is 2.32. The Hall–Kier alpha value is -1.68. The van der Waals surface area contributed by atoms with Crippen LogP contribution in [0.1, 0.15) is 23.9 Å². The number of hydrogen-bond donors (Lipinski definition) is 1. The predicted octanol–water partition coefficient (Wildman–Crippen LogP) is 1.69. The van der Waals surface area contributed by atoms with Crippen molar-refractivity contribution < 1.29 is 0 Å². The molecule has 1 N–H and O–H groups in total. The van der Waals surface area contributed by atoms with E-state index in [9.17, 15) is 0 Å². The molecular formula is C15H20N4. The molecule has 4 nitrogen and oxygen atoms in total. The summed E-state index contributed by atoms with van der Waals surface area (Å²) in [6.45, 7) is 7.16. The van der Waals surface area contributed by atoms with Gasteiger partial charge in [0, 0.05) is 31.5 Å². The molecule has 1 fully saturated rings. The lowest BCUT2D eigenvalue weighted by atomic mass is 9.72. The summed E-state index contributed by atoms with van der Waals surface area (Å²) in [5.41, 5.74) is 2.90. The molecule has 100 valence electrons. The molecule has 0 amide bonds. The van der Waals surface area contributed by atoms with Gasteiger partial charge in [0.25, 0.3) is 0 Å². The van der Waals surface area contributed by atoms with Gasteiger partial charge in [-0.1, -0.05) is 29.8 Å². The standard InChI is InChI=1S/C15H20N4/c1-3-19-14(17-11-18-19)8-15(9-16-10-15)13-6-4-12(2)5-7-13/h4-7,11,16H,3,8-10H2,1-2H3. The van der Waals surface area contributed by atoms with E-state index < -0.39 is 0 Å². The highest BCUT2D eigenvalue weighted by atomic mass is 15.3. The van der Waals surface area contributed by atoms with Gasteiger partial charge in [-0.25, -0.2) is 4.98 Å². The number of nitrogens with zero attached hydrogens (tertiary/aromatic N) is 3. The van der Waals surface area contributed by atoms with E-state index in [1.807, 2.05) is 4.68 Å². The zero-order valence-corrected chi connectivity index (χ0v) is 11.6. The van der Waals surface area contributed by atoms with Gasteiger partial charge in [-0.2, -0.15) is 5.10 Å². The summed E-state index contributed by atoms with van der Waals surface area (Å²) in [4.78, 5) is 4.42. The van der Waals surface area contributed by atoms with Gasteiger partial charge < -0.3 is 5.32 Å². The SMILES string of the molecule is CCn1ncnc1CC1(c2ccc(C)cc2)CNC1. The molecule has 0 unspecified atom stereocenters. The van der Waals surface area contributed by atoms with Gasteiger partial charge in [0.1, 0.15) is 12.2 Å². The van der Waals surface area contributed by atoms with Gasteiger partial charge in [-0.3, -0.25) is 4.68 Å². The number of aryl methyl sites for hydroxylation is 2. The average molecular weight is 256 g/mol. The number of benzene rings is 1. The van der Waals surface area contributed by atoms with Crippen LogP contribution in [-0.2, 0) is 18.4 Å². The van der Waals surface area contributed by atoms with Crippen LogP contribution in [0.2, 0.25) is 0 Å². The lowest BCUT2D eigenvalue weighted by molar-refractivity contribution is 0.266. The third kappa shape index (κ3) is 2.16. The van der Waals surface area contributed by atoms with Crippen LogP contribution in [0, 0.1) is 6.92 Å². The third-order valence-electron chi connectivity index (χ3n) is 4.08. The largest absolute Gasteiger partial charge is 0.315 e. The molecular weight excluding hydrogens is 236 g/mol. The maximum absolute atomic E-state index is 4.42. The number of aromatic nitrogens is 3. The topological polar surface area (TPSA) is 42.7 Å². The maximum Gasteiger partial charge on any atom is 0.138 e. The van der Waals surface area contributed by atoms with E-state index in [1.54, 1.807) is 6.33 Å². The van der Waals surface area contributed by atoms with E-state index >= 15 is 0 Å². The lowest BCUT2D eigenvalue weighted by Gasteiger charge is -2.43. The van der Waals surface area contributed by atoms with Crippen LogP contribution in [0.4, 0.5) is 0 Å².